The zero-order chi connectivity index (χ0) is 24.5. The number of carbonyl (C=O) groups is 1. The van der Waals surface area contributed by atoms with Crippen molar-refractivity contribution >= 4 is 21.6 Å². The third-order valence-electron chi connectivity index (χ3n) is 6.67. The summed E-state index contributed by atoms with van der Waals surface area (Å²) in [7, 11) is -1.44. The second kappa shape index (κ2) is 9.24. The van der Waals surface area contributed by atoms with Crippen LogP contribution >= 0.6 is 0 Å². The molecule has 0 aliphatic carbocycles. The Bertz CT molecular complexity index is 1290. The number of sulfone groups is 1. The largest absolute Gasteiger partial charge is 0.331 e. The molecular weight excluding hydrogens is 446 g/mol. The highest BCUT2D eigenvalue weighted by atomic mass is 32.2. The van der Waals surface area contributed by atoms with Gasteiger partial charge in [-0.05, 0) is 74.3 Å². The number of fused-ring (bicyclic) bond motifs is 1. The summed E-state index contributed by atoms with van der Waals surface area (Å²) in [5, 5.41) is 5.64. The van der Waals surface area contributed by atoms with Gasteiger partial charge in [-0.2, -0.15) is 0 Å². The van der Waals surface area contributed by atoms with Crippen LogP contribution in [0.3, 0.4) is 0 Å². The van der Waals surface area contributed by atoms with Gasteiger partial charge >= 0.3 is 6.03 Å². The highest BCUT2D eigenvalue weighted by molar-refractivity contribution is 7.90. The third-order valence-corrected chi connectivity index (χ3v) is 8.37. The maximum absolute atomic E-state index is 13.0. The van der Waals surface area contributed by atoms with Crippen LogP contribution in [0.2, 0.25) is 0 Å². The van der Waals surface area contributed by atoms with Gasteiger partial charge in [0.15, 0.2) is 9.84 Å². The first-order valence-electron chi connectivity index (χ1n) is 11.3. The van der Waals surface area contributed by atoms with Gasteiger partial charge in [-0.15, -0.1) is 0 Å². The van der Waals surface area contributed by atoms with Crippen molar-refractivity contribution in [2.75, 3.05) is 12.4 Å². The van der Waals surface area contributed by atoms with Gasteiger partial charge < -0.3 is 10.6 Å². The Labute approximate surface area is 201 Å². The Balaban J connectivity index is 1.40. The lowest BCUT2D eigenvalue weighted by atomic mass is 9.93. The first-order valence-corrected chi connectivity index (χ1v) is 13.0. The van der Waals surface area contributed by atoms with Crippen molar-refractivity contribution in [1.29, 1.82) is 0 Å². The summed E-state index contributed by atoms with van der Waals surface area (Å²) >= 11 is 0. The Hall–Kier alpha value is -3.16. The van der Waals surface area contributed by atoms with Gasteiger partial charge in [0.05, 0.1) is 16.7 Å². The third kappa shape index (κ3) is 5.00. The molecule has 0 radical (unpaired) electrons. The van der Waals surface area contributed by atoms with Crippen LogP contribution in [-0.4, -0.2) is 26.4 Å². The number of anilines is 1. The SMILES string of the molecule is CC(NC(=O)Nc1ccc(S(=O)(=O)Cc2ccc3c(c2)CN(C)C3(C)C)cc1)c1ccccc1. The molecule has 3 aromatic rings. The van der Waals surface area contributed by atoms with Gasteiger partial charge in [-0.3, -0.25) is 4.90 Å². The van der Waals surface area contributed by atoms with E-state index in [1.807, 2.05) is 55.5 Å². The van der Waals surface area contributed by atoms with E-state index in [0.29, 0.717) is 5.69 Å². The maximum Gasteiger partial charge on any atom is 0.319 e. The van der Waals surface area contributed by atoms with Crippen LogP contribution < -0.4 is 10.6 Å². The molecule has 1 aliphatic rings. The average molecular weight is 478 g/mol. The molecule has 0 aromatic heterocycles. The van der Waals surface area contributed by atoms with Crippen LogP contribution in [0.1, 0.15) is 49.1 Å². The summed E-state index contributed by atoms with van der Waals surface area (Å²) in [6.07, 6.45) is 0. The van der Waals surface area contributed by atoms with Crippen LogP contribution in [0, 0.1) is 0 Å². The summed E-state index contributed by atoms with van der Waals surface area (Å²) in [6, 6.07) is 21.4. The van der Waals surface area contributed by atoms with E-state index >= 15 is 0 Å². The van der Waals surface area contributed by atoms with Crippen molar-refractivity contribution in [3.05, 3.63) is 95.1 Å². The minimum Gasteiger partial charge on any atom is -0.331 e. The Kier molecular flexibility index (Phi) is 6.51. The molecule has 3 aromatic carbocycles. The van der Waals surface area contributed by atoms with E-state index in [2.05, 4.69) is 36.4 Å². The maximum atomic E-state index is 13.0. The molecule has 1 atom stereocenters. The standard InChI is InChI=1S/C27H31N3O3S/c1-19(21-8-6-5-7-9-21)28-26(31)29-23-11-13-24(14-12-23)34(32,33)18-20-10-15-25-22(16-20)17-30(4)27(25,2)3/h5-16,19H,17-18H2,1-4H3,(H2,28,29,31). The average Bonchev–Trinajstić information content (AvgIpc) is 3.02. The molecule has 2 N–H and O–H groups in total. The summed E-state index contributed by atoms with van der Waals surface area (Å²) < 4.78 is 26.0. The molecule has 4 rings (SSSR count). The summed E-state index contributed by atoms with van der Waals surface area (Å²) in [5.41, 5.74) is 4.67. The zero-order valence-electron chi connectivity index (χ0n) is 20.0. The van der Waals surface area contributed by atoms with Crippen LogP contribution in [0.25, 0.3) is 0 Å². The molecule has 34 heavy (non-hydrogen) atoms. The van der Waals surface area contributed by atoms with Gasteiger partial charge in [0.2, 0.25) is 0 Å². The molecule has 0 fully saturated rings. The lowest BCUT2D eigenvalue weighted by Gasteiger charge is -2.28. The first kappa shape index (κ1) is 24.0. The van der Waals surface area contributed by atoms with Crippen molar-refractivity contribution in [2.45, 2.75) is 49.5 Å². The summed E-state index contributed by atoms with van der Waals surface area (Å²) in [6.45, 7) is 7.06. The minimum absolute atomic E-state index is 0.0548. The fourth-order valence-electron chi connectivity index (χ4n) is 4.36. The van der Waals surface area contributed by atoms with Gasteiger partial charge in [0, 0.05) is 17.8 Å². The molecule has 0 spiro atoms. The van der Waals surface area contributed by atoms with Crippen molar-refractivity contribution in [2.24, 2.45) is 0 Å². The predicted molar refractivity (Wildman–Crippen MR) is 135 cm³/mol. The molecule has 6 nitrogen and oxygen atoms in total. The smallest absolute Gasteiger partial charge is 0.319 e. The second-order valence-corrected chi connectivity index (χ2v) is 11.4. The number of carbonyl (C=O) groups excluding carboxylic acids is 1. The zero-order valence-corrected chi connectivity index (χ0v) is 20.8. The number of nitrogens with one attached hydrogen (secondary N) is 2. The summed E-state index contributed by atoms with van der Waals surface area (Å²) in [4.78, 5) is 14.8. The predicted octanol–water partition coefficient (Wildman–Crippen LogP) is 5.22. The van der Waals surface area contributed by atoms with E-state index in [-0.39, 0.29) is 28.3 Å². The van der Waals surface area contributed by atoms with Crippen molar-refractivity contribution in [1.82, 2.24) is 10.2 Å². The fourth-order valence-corrected chi connectivity index (χ4v) is 5.70. The molecule has 2 amide bonds. The van der Waals surface area contributed by atoms with E-state index in [9.17, 15) is 13.2 Å². The van der Waals surface area contributed by atoms with E-state index < -0.39 is 9.84 Å². The van der Waals surface area contributed by atoms with E-state index in [0.717, 1.165) is 17.7 Å². The van der Waals surface area contributed by atoms with Gasteiger partial charge in [0.1, 0.15) is 0 Å². The number of nitrogens with zero attached hydrogens (tertiary/aromatic N) is 1. The van der Waals surface area contributed by atoms with Crippen molar-refractivity contribution in [3.8, 4) is 0 Å². The van der Waals surface area contributed by atoms with Crippen LogP contribution in [0.15, 0.2) is 77.7 Å². The van der Waals surface area contributed by atoms with E-state index in [1.54, 1.807) is 12.1 Å². The second-order valence-electron chi connectivity index (χ2n) is 9.42. The highest BCUT2D eigenvalue weighted by Gasteiger charge is 2.34. The number of hydrogen-bond acceptors (Lipinski definition) is 4. The number of amides is 2. The number of benzene rings is 3. The molecule has 178 valence electrons. The molecule has 0 saturated heterocycles. The monoisotopic (exact) mass is 477 g/mol. The van der Waals surface area contributed by atoms with Crippen molar-refractivity contribution in [3.63, 3.8) is 0 Å². The van der Waals surface area contributed by atoms with Gasteiger partial charge in [-0.25, -0.2) is 13.2 Å². The first-order chi connectivity index (χ1) is 16.1. The Morgan fingerprint density at radius 2 is 1.71 bits per heavy atom. The molecule has 0 saturated carbocycles. The van der Waals surface area contributed by atoms with Crippen molar-refractivity contribution < 1.29 is 13.2 Å². The quantitative estimate of drug-likeness (QED) is 0.510. The highest BCUT2D eigenvalue weighted by Crippen LogP contribution is 2.38. The lowest BCUT2D eigenvalue weighted by Crippen LogP contribution is -2.31. The number of rotatable bonds is 6. The van der Waals surface area contributed by atoms with Gasteiger partial charge in [-0.1, -0.05) is 48.5 Å². The fraction of sp³-hybridized carbons (Fsp3) is 0.296. The van der Waals surface area contributed by atoms with E-state index in [1.165, 1.54) is 23.3 Å². The Morgan fingerprint density at radius 1 is 1.03 bits per heavy atom. The topological polar surface area (TPSA) is 78.5 Å². The minimum atomic E-state index is -3.52. The molecule has 1 aliphatic heterocycles. The number of urea groups is 1. The lowest BCUT2D eigenvalue weighted by molar-refractivity contribution is 0.178. The molecule has 1 unspecified atom stereocenters. The molecule has 7 heteroatoms. The normalized spacial score (nSPS) is 16.0. The molecule has 1 heterocycles. The molecular formula is C27H31N3O3S. The van der Waals surface area contributed by atoms with Gasteiger partial charge in [0.25, 0.3) is 0 Å². The van der Waals surface area contributed by atoms with Crippen LogP contribution in [-0.2, 0) is 27.7 Å². The molecule has 0 bridgehead atoms. The Morgan fingerprint density at radius 3 is 2.38 bits per heavy atom. The van der Waals surface area contributed by atoms with Crippen LogP contribution in [0.5, 0.6) is 0 Å². The van der Waals surface area contributed by atoms with Crippen LogP contribution in [0.4, 0.5) is 10.5 Å². The summed E-state index contributed by atoms with van der Waals surface area (Å²) in [5.74, 6) is -0.0632. The van der Waals surface area contributed by atoms with E-state index in [4.69, 9.17) is 0 Å². The number of hydrogen-bond donors (Lipinski definition) is 2.